The van der Waals surface area contributed by atoms with Gasteiger partial charge >= 0.3 is 5.76 Å². The summed E-state index contributed by atoms with van der Waals surface area (Å²) >= 11 is 3.22. The van der Waals surface area contributed by atoms with Crippen LogP contribution in [-0.4, -0.2) is 15.4 Å². The standard InChI is InChI=1S/C15H10BrN3O5/c16-10-6-5-9(19(22)23)7-11(10)17-14(20)8-18-12-3-1-2-4-13(12)24-15(18)21/h1-7H,8H2,(H,17,20). The first-order chi connectivity index (χ1) is 11.5. The van der Waals surface area contributed by atoms with Gasteiger partial charge in [0, 0.05) is 16.6 Å². The molecule has 0 saturated carbocycles. The molecule has 24 heavy (non-hydrogen) atoms. The zero-order valence-corrected chi connectivity index (χ0v) is 13.6. The van der Waals surface area contributed by atoms with E-state index in [1.54, 1.807) is 24.3 Å². The summed E-state index contributed by atoms with van der Waals surface area (Å²) in [4.78, 5) is 34.3. The van der Waals surface area contributed by atoms with Gasteiger partial charge in [0.1, 0.15) is 6.54 Å². The molecule has 3 rings (SSSR count). The molecule has 0 fully saturated rings. The molecule has 0 aliphatic carbocycles. The number of anilines is 1. The number of non-ortho nitro benzene ring substituents is 1. The summed E-state index contributed by atoms with van der Waals surface area (Å²) in [6.45, 7) is -0.273. The van der Waals surface area contributed by atoms with Crippen LogP contribution in [0.1, 0.15) is 0 Å². The zero-order chi connectivity index (χ0) is 17.3. The van der Waals surface area contributed by atoms with Crippen LogP contribution >= 0.6 is 15.9 Å². The lowest BCUT2D eigenvalue weighted by Crippen LogP contribution is -2.24. The molecule has 0 aliphatic heterocycles. The molecular formula is C15H10BrN3O5. The number of nitro benzene ring substituents is 1. The Kier molecular flexibility index (Phi) is 4.17. The van der Waals surface area contributed by atoms with Crippen LogP contribution in [0.4, 0.5) is 11.4 Å². The molecule has 122 valence electrons. The fourth-order valence-corrected chi connectivity index (χ4v) is 2.57. The Morgan fingerprint density at radius 1 is 1.29 bits per heavy atom. The number of oxazole rings is 1. The van der Waals surface area contributed by atoms with Crippen molar-refractivity contribution in [1.82, 2.24) is 4.57 Å². The van der Waals surface area contributed by atoms with Gasteiger partial charge in [0.15, 0.2) is 5.58 Å². The van der Waals surface area contributed by atoms with Crippen molar-refractivity contribution in [2.45, 2.75) is 6.54 Å². The van der Waals surface area contributed by atoms with Gasteiger partial charge in [0.05, 0.1) is 16.1 Å². The number of halogens is 1. The molecule has 3 aromatic rings. The van der Waals surface area contributed by atoms with E-state index in [2.05, 4.69) is 21.2 Å². The molecule has 0 radical (unpaired) electrons. The van der Waals surface area contributed by atoms with Crippen molar-refractivity contribution in [2.24, 2.45) is 0 Å². The molecule has 9 heteroatoms. The molecular weight excluding hydrogens is 382 g/mol. The SMILES string of the molecule is O=C(Cn1c(=O)oc2ccccc21)Nc1cc([N+](=O)[O-])ccc1Br. The monoisotopic (exact) mass is 391 g/mol. The van der Waals surface area contributed by atoms with E-state index in [1.165, 1.54) is 22.8 Å². The number of nitro groups is 1. The number of fused-ring (bicyclic) bond motifs is 1. The van der Waals surface area contributed by atoms with Crippen LogP contribution < -0.4 is 11.1 Å². The van der Waals surface area contributed by atoms with Gasteiger partial charge in [-0.3, -0.25) is 19.5 Å². The highest BCUT2D eigenvalue weighted by Crippen LogP contribution is 2.27. The van der Waals surface area contributed by atoms with E-state index < -0.39 is 16.6 Å². The lowest BCUT2D eigenvalue weighted by Gasteiger charge is -2.07. The number of amides is 1. The third kappa shape index (κ3) is 3.06. The number of aromatic nitrogens is 1. The van der Waals surface area contributed by atoms with Crippen LogP contribution in [-0.2, 0) is 11.3 Å². The predicted octanol–water partition coefficient (Wildman–Crippen LogP) is 2.90. The van der Waals surface area contributed by atoms with Crippen LogP contribution in [0.3, 0.4) is 0 Å². The minimum Gasteiger partial charge on any atom is -0.408 e. The maximum absolute atomic E-state index is 12.2. The maximum Gasteiger partial charge on any atom is 0.420 e. The van der Waals surface area contributed by atoms with Crippen molar-refractivity contribution in [1.29, 1.82) is 0 Å². The van der Waals surface area contributed by atoms with Crippen molar-refractivity contribution in [3.05, 3.63) is 67.6 Å². The van der Waals surface area contributed by atoms with Gasteiger partial charge in [0.25, 0.3) is 5.69 Å². The van der Waals surface area contributed by atoms with Crippen LogP contribution in [0.5, 0.6) is 0 Å². The molecule has 2 aromatic carbocycles. The first-order valence-electron chi connectivity index (χ1n) is 6.78. The van der Waals surface area contributed by atoms with Crippen LogP contribution in [0.2, 0.25) is 0 Å². The number of hydrogen-bond donors (Lipinski definition) is 1. The van der Waals surface area contributed by atoms with Gasteiger partial charge in [-0.05, 0) is 34.1 Å². The fraction of sp³-hybridized carbons (Fsp3) is 0.0667. The Balaban J connectivity index is 1.86. The van der Waals surface area contributed by atoms with Gasteiger partial charge in [-0.25, -0.2) is 4.79 Å². The molecule has 0 bridgehead atoms. The van der Waals surface area contributed by atoms with E-state index in [4.69, 9.17) is 4.42 Å². The van der Waals surface area contributed by atoms with Gasteiger partial charge in [-0.15, -0.1) is 0 Å². The third-order valence-electron chi connectivity index (χ3n) is 3.31. The van der Waals surface area contributed by atoms with Gasteiger partial charge in [-0.2, -0.15) is 0 Å². The second-order valence-electron chi connectivity index (χ2n) is 4.89. The van der Waals surface area contributed by atoms with Gasteiger partial charge < -0.3 is 9.73 Å². The summed E-state index contributed by atoms with van der Waals surface area (Å²) in [6, 6.07) is 10.7. The minimum atomic E-state index is -0.649. The van der Waals surface area contributed by atoms with Crippen molar-refractivity contribution in [3.63, 3.8) is 0 Å². The highest BCUT2D eigenvalue weighted by molar-refractivity contribution is 9.10. The molecule has 0 atom stereocenters. The summed E-state index contributed by atoms with van der Waals surface area (Å²) in [5.74, 6) is -1.16. The Bertz CT molecular complexity index is 1010. The number of nitrogens with one attached hydrogen (secondary N) is 1. The van der Waals surface area contributed by atoms with Crippen molar-refractivity contribution < 1.29 is 14.1 Å². The molecule has 8 nitrogen and oxygen atoms in total. The number of hydrogen-bond acceptors (Lipinski definition) is 5. The second-order valence-corrected chi connectivity index (χ2v) is 5.75. The topological polar surface area (TPSA) is 107 Å². The first kappa shape index (κ1) is 15.9. The minimum absolute atomic E-state index is 0.153. The summed E-state index contributed by atoms with van der Waals surface area (Å²) in [6.07, 6.45) is 0. The molecule has 1 aromatic heterocycles. The van der Waals surface area contributed by atoms with Gasteiger partial charge in [-0.1, -0.05) is 12.1 Å². The van der Waals surface area contributed by atoms with E-state index in [1.807, 2.05) is 0 Å². The lowest BCUT2D eigenvalue weighted by molar-refractivity contribution is -0.384. The molecule has 0 saturated heterocycles. The zero-order valence-electron chi connectivity index (χ0n) is 12.1. The smallest absolute Gasteiger partial charge is 0.408 e. The van der Waals surface area contributed by atoms with E-state index >= 15 is 0 Å². The summed E-state index contributed by atoms with van der Waals surface area (Å²) in [7, 11) is 0. The Labute approximate surface area is 143 Å². The predicted molar refractivity (Wildman–Crippen MR) is 89.9 cm³/mol. The summed E-state index contributed by atoms with van der Waals surface area (Å²) < 4.78 is 6.74. The van der Waals surface area contributed by atoms with Gasteiger partial charge in [0.2, 0.25) is 5.91 Å². The van der Waals surface area contributed by atoms with E-state index in [-0.39, 0.29) is 17.9 Å². The number of benzene rings is 2. The summed E-state index contributed by atoms with van der Waals surface area (Å²) in [5.41, 5.74) is 0.970. The molecule has 1 amide bonds. The average molecular weight is 392 g/mol. The van der Waals surface area contributed by atoms with Crippen LogP contribution in [0.25, 0.3) is 11.1 Å². The molecule has 1 heterocycles. The molecule has 1 N–H and O–H groups in total. The number of nitrogens with zero attached hydrogens (tertiary/aromatic N) is 2. The molecule has 0 aliphatic rings. The first-order valence-corrected chi connectivity index (χ1v) is 7.57. The molecule has 0 spiro atoms. The van der Waals surface area contributed by atoms with E-state index in [9.17, 15) is 19.7 Å². The Morgan fingerprint density at radius 3 is 2.79 bits per heavy atom. The normalized spacial score (nSPS) is 10.7. The van der Waals surface area contributed by atoms with E-state index in [0.29, 0.717) is 15.6 Å². The Hall–Kier alpha value is -2.94. The second kappa shape index (κ2) is 6.28. The van der Waals surface area contributed by atoms with Crippen LogP contribution in [0.15, 0.2) is 56.1 Å². The highest BCUT2D eigenvalue weighted by atomic mass is 79.9. The highest BCUT2D eigenvalue weighted by Gasteiger charge is 2.15. The quantitative estimate of drug-likeness (QED) is 0.543. The van der Waals surface area contributed by atoms with Crippen molar-refractivity contribution >= 4 is 44.3 Å². The largest absolute Gasteiger partial charge is 0.420 e. The van der Waals surface area contributed by atoms with E-state index in [0.717, 1.165) is 0 Å². The summed E-state index contributed by atoms with van der Waals surface area (Å²) in [5, 5.41) is 13.4. The third-order valence-corrected chi connectivity index (χ3v) is 4.00. The van der Waals surface area contributed by atoms with Crippen molar-refractivity contribution in [3.8, 4) is 0 Å². The van der Waals surface area contributed by atoms with Crippen molar-refractivity contribution in [2.75, 3.05) is 5.32 Å². The average Bonchev–Trinajstić information content (AvgIpc) is 2.85. The number of carbonyl (C=O) groups excluding carboxylic acids is 1. The number of carbonyl (C=O) groups is 1. The Morgan fingerprint density at radius 2 is 2.04 bits per heavy atom. The number of rotatable bonds is 4. The lowest BCUT2D eigenvalue weighted by atomic mass is 10.3. The fourth-order valence-electron chi connectivity index (χ4n) is 2.22. The van der Waals surface area contributed by atoms with Crippen LogP contribution in [0, 0.1) is 10.1 Å². The molecule has 0 unspecified atom stereocenters. The maximum atomic E-state index is 12.2. The number of para-hydroxylation sites is 2.